The van der Waals surface area contributed by atoms with Gasteiger partial charge in [-0.1, -0.05) is 12.6 Å². The average Bonchev–Trinajstić information content (AvgIpc) is 1.88. The lowest BCUT2D eigenvalue weighted by Crippen LogP contribution is -2.00. The highest BCUT2D eigenvalue weighted by Gasteiger charge is 1.94. The van der Waals surface area contributed by atoms with Crippen LogP contribution in [-0.4, -0.2) is 19.3 Å². The van der Waals surface area contributed by atoms with Gasteiger partial charge in [-0.05, 0) is 12.2 Å². The standard InChI is InChI=1S/C4H3N3OS2/c9-4(10)8-3-6-1-5-2-7-3/h1-2H,(H,9,10). The van der Waals surface area contributed by atoms with E-state index in [1.54, 1.807) is 0 Å². The molecule has 6 heteroatoms. The molecule has 0 spiro atoms. The van der Waals surface area contributed by atoms with E-state index in [1.807, 2.05) is 0 Å². The van der Waals surface area contributed by atoms with Gasteiger partial charge in [0.25, 0.3) is 0 Å². The van der Waals surface area contributed by atoms with Crippen LogP contribution < -0.4 is 4.74 Å². The molecule has 10 heavy (non-hydrogen) atoms. The van der Waals surface area contributed by atoms with Crippen molar-refractivity contribution >= 4 is 29.2 Å². The van der Waals surface area contributed by atoms with Crippen LogP contribution in [0.15, 0.2) is 12.7 Å². The SMILES string of the molecule is S=C(S)Oc1ncncn1. The topological polar surface area (TPSA) is 47.9 Å². The summed E-state index contributed by atoms with van der Waals surface area (Å²) in [5.41, 5.74) is 0. The molecule has 52 valence electrons. The zero-order chi connectivity index (χ0) is 7.40. The van der Waals surface area contributed by atoms with Crippen molar-refractivity contribution in [2.75, 3.05) is 0 Å². The van der Waals surface area contributed by atoms with Gasteiger partial charge in [0.1, 0.15) is 12.7 Å². The van der Waals surface area contributed by atoms with Crippen LogP contribution in [0.4, 0.5) is 0 Å². The van der Waals surface area contributed by atoms with Crippen molar-refractivity contribution in [3.63, 3.8) is 0 Å². The number of aromatic nitrogens is 3. The van der Waals surface area contributed by atoms with Crippen molar-refractivity contribution in [3.05, 3.63) is 12.7 Å². The van der Waals surface area contributed by atoms with Gasteiger partial charge in [-0.3, -0.25) is 0 Å². The zero-order valence-corrected chi connectivity index (χ0v) is 6.47. The second-order valence-corrected chi connectivity index (χ2v) is 2.37. The molecule has 1 rings (SSSR count). The van der Waals surface area contributed by atoms with Gasteiger partial charge in [0.15, 0.2) is 0 Å². The van der Waals surface area contributed by atoms with E-state index >= 15 is 0 Å². The first-order chi connectivity index (χ1) is 4.79. The lowest BCUT2D eigenvalue weighted by molar-refractivity contribution is 0.523. The van der Waals surface area contributed by atoms with Crippen LogP contribution >= 0.6 is 24.8 Å². The molecule has 0 unspecified atom stereocenters. The van der Waals surface area contributed by atoms with Crippen LogP contribution in [0.3, 0.4) is 0 Å². The first-order valence-electron chi connectivity index (χ1n) is 2.32. The van der Waals surface area contributed by atoms with Gasteiger partial charge in [0.05, 0.1) is 0 Å². The van der Waals surface area contributed by atoms with Gasteiger partial charge in [-0.2, -0.15) is 9.97 Å². The van der Waals surface area contributed by atoms with E-state index in [2.05, 4.69) is 39.8 Å². The van der Waals surface area contributed by atoms with Crippen LogP contribution in [0, 0.1) is 0 Å². The summed E-state index contributed by atoms with van der Waals surface area (Å²) in [5.74, 6) is 0. The molecule has 0 aliphatic rings. The van der Waals surface area contributed by atoms with Gasteiger partial charge in [0.2, 0.25) is 4.38 Å². The number of hydrogen-bond acceptors (Lipinski definition) is 5. The van der Waals surface area contributed by atoms with E-state index in [4.69, 9.17) is 4.74 Å². The van der Waals surface area contributed by atoms with Crippen molar-refractivity contribution in [2.24, 2.45) is 0 Å². The Balaban J connectivity index is 2.67. The quantitative estimate of drug-likeness (QED) is 0.494. The first kappa shape index (κ1) is 7.36. The molecular weight excluding hydrogens is 170 g/mol. The van der Waals surface area contributed by atoms with Crippen molar-refractivity contribution in [1.82, 2.24) is 15.0 Å². The molecule has 0 bridgehead atoms. The Morgan fingerprint density at radius 1 is 1.50 bits per heavy atom. The number of thiol groups is 1. The molecule has 1 aromatic heterocycles. The normalized spacial score (nSPS) is 8.90. The molecule has 0 aliphatic heterocycles. The smallest absolute Gasteiger partial charge is 0.326 e. The largest absolute Gasteiger partial charge is 0.406 e. The van der Waals surface area contributed by atoms with Crippen LogP contribution in [0.1, 0.15) is 0 Å². The maximum atomic E-state index is 4.75. The zero-order valence-electron chi connectivity index (χ0n) is 4.76. The molecule has 0 fully saturated rings. The van der Waals surface area contributed by atoms with Crippen molar-refractivity contribution in [3.8, 4) is 6.01 Å². The summed E-state index contributed by atoms with van der Waals surface area (Å²) < 4.78 is 4.84. The highest BCUT2D eigenvalue weighted by Crippen LogP contribution is 1.98. The highest BCUT2D eigenvalue weighted by atomic mass is 32.1. The lowest BCUT2D eigenvalue weighted by atomic mass is 11.0. The van der Waals surface area contributed by atoms with Crippen molar-refractivity contribution < 1.29 is 4.74 Å². The summed E-state index contributed by atoms with van der Waals surface area (Å²) in [6, 6.07) is 0.162. The van der Waals surface area contributed by atoms with E-state index in [-0.39, 0.29) is 10.4 Å². The van der Waals surface area contributed by atoms with Crippen LogP contribution in [0.2, 0.25) is 0 Å². The molecule has 0 N–H and O–H groups in total. The molecule has 0 aromatic carbocycles. The Morgan fingerprint density at radius 2 is 2.10 bits per heavy atom. The van der Waals surface area contributed by atoms with Crippen molar-refractivity contribution in [2.45, 2.75) is 0 Å². The second kappa shape index (κ2) is 3.43. The molecule has 0 saturated heterocycles. The lowest BCUT2D eigenvalue weighted by Gasteiger charge is -1.95. The highest BCUT2D eigenvalue weighted by molar-refractivity contribution is 8.10. The Morgan fingerprint density at radius 3 is 2.60 bits per heavy atom. The Hall–Kier alpha value is -0.750. The fourth-order valence-electron chi connectivity index (χ4n) is 0.359. The predicted molar refractivity (Wildman–Crippen MR) is 42.0 cm³/mol. The average molecular weight is 173 g/mol. The molecule has 0 radical (unpaired) electrons. The maximum absolute atomic E-state index is 4.75. The molecule has 1 aromatic rings. The van der Waals surface area contributed by atoms with E-state index < -0.39 is 0 Å². The monoisotopic (exact) mass is 173 g/mol. The van der Waals surface area contributed by atoms with E-state index in [0.29, 0.717) is 0 Å². The van der Waals surface area contributed by atoms with Crippen LogP contribution in [0.5, 0.6) is 6.01 Å². The third-order valence-electron chi connectivity index (χ3n) is 0.648. The first-order valence-corrected chi connectivity index (χ1v) is 3.17. The second-order valence-electron chi connectivity index (χ2n) is 1.29. The van der Waals surface area contributed by atoms with Gasteiger partial charge in [0, 0.05) is 0 Å². The minimum absolute atomic E-state index is 0.0891. The fourth-order valence-corrected chi connectivity index (χ4v) is 0.516. The van der Waals surface area contributed by atoms with Gasteiger partial charge >= 0.3 is 6.01 Å². The Kier molecular flexibility index (Phi) is 2.52. The van der Waals surface area contributed by atoms with Gasteiger partial charge in [-0.15, -0.1) is 0 Å². The molecule has 4 nitrogen and oxygen atoms in total. The van der Waals surface area contributed by atoms with Gasteiger partial charge < -0.3 is 4.74 Å². The summed E-state index contributed by atoms with van der Waals surface area (Å²) in [7, 11) is 0. The summed E-state index contributed by atoms with van der Waals surface area (Å²) in [5, 5.41) is 0. The molecule has 0 saturated carbocycles. The van der Waals surface area contributed by atoms with Gasteiger partial charge in [-0.25, -0.2) is 4.98 Å². The summed E-state index contributed by atoms with van der Waals surface area (Å²) in [6.45, 7) is 0. The Labute approximate surface area is 68.1 Å². The van der Waals surface area contributed by atoms with E-state index in [9.17, 15) is 0 Å². The van der Waals surface area contributed by atoms with Crippen LogP contribution in [-0.2, 0) is 0 Å². The molecule has 0 aliphatic carbocycles. The number of ether oxygens (including phenoxy) is 1. The van der Waals surface area contributed by atoms with E-state index in [1.165, 1.54) is 12.7 Å². The van der Waals surface area contributed by atoms with Crippen LogP contribution in [0.25, 0.3) is 0 Å². The number of rotatable bonds is 1. The summed E-state index contributed by atoms with van der Waals surface area (Å²) in [4.78, 5) is 10.9. The minimum atomic E-state index is 0.0891. The molecule has 0 atom stereocenters. The molecule has 1 heterocycles. The maximum Gasteiger partial charge on any atom is 0.326 e. The molecule has 0 amide bonds. The summed E-state index contributed by atoms with van der Waals surface area (Å²) in [6.07, 6.45) is 2.63. The third kappa shape index (κ3) is 2.24. The summed E-state index contributed by atoms with van der Waals surface area (Å²) >= 11 is 8.24. The Bertz CT molecular complexity index is 227. The van der Waals surface area contributed by atoms with E-state index in [0.717, 1.165) is 0 Å². The third-order valence-corrected chi connectivity index (χ3v) is 0.823. The minimum Gasteiger partial charge on any atom is -0.406 e. The van der Waals surface area contributed by atoms with Crippen molar-refractivity contribution in [1.29, 1.82) is 0 Å². The fraction of sp³-hybridized carbons (Fsp3) is 0. The number of thiocarbonyl (C=S) groups is 1. The predicted octanol–water partition coefficient (Wildman–Crippen LogP) is 0.465. The number of nitrogens with zero attached hydrogens (tertiary/aromatic N) is 3. The molecular formula is C4H3N3OS2. The number of hydrogen-bond donors (Lipinski definition) is 1.